The second-order valence-electron chi connectivity index (χ2n) is 4.90. The maximum Gasteiger partial charge on any atom is 0.104 e. The van der Waals surface area contributed by atoms with Crippen LogP contribution in [-0.2, 0) is 0 Å². The summed E-state index contributed by atoms with van der Waals surface area (Å²) in [5.74, 6) is 0.507. The molecule has 0 aliphatic rings. The van der Waals surface area contributed by atoms with Crippen LogP contribution in [0.5, 0.6) is 0 Å². The molecule has 1 unspecified atom stereocenters. The summed E-state index contributed by atoms with van der Waals surface area (Å²) in [6, 6.07) is 14.0. The van der Waals surface area contributed by atoms with E-state index in [1.807, 2.05) is 30.3 Å². The number of aliphatic hydroxyl groups excluding tert-OH is 1. The molecule has 0 aliphatic heterocycles. The molecule has 0 spiro atoms. The van der Waals surface area contributed by atoms with Crippen molar-refractivity contribution in [2.45, 2.75) is 25.9 Å². The van der Waals surface area contributed by atoms with Crippen LogP contribution in [0.3, 0.4) is 0 Å². The van der Waals surface area contributed by atoms with E-state index >= 15 is 0 Å². The van der Waals surface area contributed by atoms with Crippen molar-refractivity contribution in [3.8, 4) is 0 Å². The third-order valence-corrected chi connectivity index (χ3v) is 5.06. The van der Waals surface area contributed by atoms with Gasteiger partial charge in [-0.1, -0.05) is 44.2 Å². The topological polar surface area (TPSA) is 20.2 Å². The van der Waals surface area contributed by atoms with Gasteiger partial charge in [-0.25, -0.2) is 0 Å². The summed E-state index contributed by atoms with van der Waals surface area (Å²) in [6.07, 6.45) is -0.592. The first-order valence-electron chi connectivity index (χ1n) is 6.22. The van der Waals surface area contributed by atoms with Crippen LogP contribution in [0.25, 0.3) is 0 Å². The monoisotopic (exact) mass is 382 g/mol. The van der Waals surface area contributed by atoms with E-state index in [-0.39, 0.29) is 0 Å². The Kier molecular flexibility index (Phi) is 4.82. The van der Waals surface area contributed by atoms with Crippen LogP contribution < -0.4 is 0 Å². The molecule has 1 nitrogen and oxygen atoms in total. The van der Waals surface area contributed by atoms with Crippen molar-refractivity contribution >= 4 is 31.9 Å². The smallest absolute Gasteiger partial charge is 0.104 e. The molecule has 0 aliphatic carbocycles. The van der Waals surface area contributed by atoms with Gasteiger partial charge in [-0.3, -0.25) is 0 Å². The predicted molar refractivity (Wildman–Crippen MR) is 86.4 cm³/mol. The highest BCUT2D eigenvalue weighted by Gasteiger charge is 2.12. The highest BCUT2D eigenvalue weighted by atomic mass is 79.9. The molecule has 0 amide bonds. The maximum absolute atomic E-state index is 10.4. The summed E-state index contributed by atoms with van der Waals surface area (Å²) in [5.41, 5.74) is 3.08. The van der Waals surface area contributed by atoms with E-state index < -0.39 is 6.10 Å². The highest BCUT2D eigenvalue weighted by Crippen LogP contribution is 2.29. The van der Waals surface area contributed by atoms with Gasteiger partial charge in [0.2, 0.25) is 0 Å². The maximum atomic E-state index is 10.4. The Morgan fingerprint density at radius 2 is 1.32 bits per heavy atom. The lowest BCUT2D eigenvalue weighted by Crippen LogP contribution is -2.00. The summed E-state index contributed by atoms with van der Waals surface area (Å²) < 4.78 is 1.93. The first-order chi connectivity index (χ1) is 8.99. The van der Waals surface area contributed by atoms with Gasteiger partial charge in [0.25, 0.3) is 0 Å². The second kappa shape index (κ2) is 6.21. The van der Waals surface area contributed by atoms with Crippen molar-refractivity contribution < 1.29 is 5.11 Å². The van der Waals surface area contributed by atoms with Gasteiger partial charge in [0, 0.05) is 8.95 Å². The largest absolute Gasteiger partial charge is 0.384 e. The predicted octanol–water partition coefficient (Wildman–Crippen LogP) is 5.42. The second-order valence-corrected chi connectivity index (χ2v) is 6.61. The molecule has 1 atom stereocenters. The summed E-state index contributed by atoms with van der Waals surface area (Å²) >= 11 is 6.89. The fourth-order valence-corrected chi connectivity index (χ4v) is 2.58. The van der Waals surface area contributed by atoms with Crippen LogP contribution in [0.1, 0.15) is 42.6 Å². The van der Waals surface area contributed by atoms with Crippen molar-refractivity contribution in [2.75, 3.05) is 0 Å². The fourth-order valence-electron chi connectivity index (χ4n) is 1.94. The molecule has 0 bridgehead atoms. The zero-order valence-corrected chi connectivity index (χ0v) is 14.1. The first kappa shape index (κ1) is 14.8. The standard InChI is InChI=1S/C16H16Br2O/c1-10(2)11-3-5-12(6-4-11)16(19)13-7-8-14(17)15(18)9-13/h3-10,16,19H,1-2H3. The number of hydrogen-bond donors (Lipinski definition) is 1. The summed E-state index contributed by atoms with van der Waals surface area (Å²) in [5, 5.41) is 10.4. The van der Waals surface area contributed by atoms with Gasteiger partial charge in [0.1, 0.15) is 6.10 Å². The molecule has 0 fully saturated rings. The van der Waals surface area contributed by atoms with E-state index in [9.17, 15) is 5.11 Å². The summed E-state index contributed by atoms with van der Waals surface area (Å²) in [4.78, 5) is 0. The van der Waals surface area contributed by atoms with Crippen molar-refractivity contribution in [3.63, 3.8) is 0 Å². The van der Waals surface area contributed by atoms with Gasteiger partial charge in [-0.15, -0.1) is 0 Å². The molecule has 0 saturated heterocycles. The van der Waals surface area contributed by atoms with E-state index in [1.54, 1.807) is 0 Å². The Balaban J connectivity index is 2.27. The average molecular weight is 384 g/mol. The van der Waals surface area contributed by atoms with E-state index in [2.05, 4.69) is 57.8 Å². The molecule has 19 heavy (non-hydrogen) atoms. The third kappa shape index (κ3) is 3.47. The minimum Gasteiger partial charge on any atom is -0.384 e. The molecule has 100 valence electrons. The number of hydrogen-bond acceptors (Lipinski definition) is 1. The van der Waals surface area contributed by atoms with E-state index in [0.717, 1.165) is 20.1 Å². The quantitative estimate of drug-likeness (QED) is 0.750. The molecular formula is C16H16Br2O. The summed E-state index contributed by atoms with van der Waals surface area (Å²) in [6.45, 7) is 4.33. The van der Waals surface area contributed by atoms with Crippen LogP contribution in [0.2, 0.25) is 0 Å². The molecule has 0 aromatic heterocycles. The number of halogens is 2. The van der Waals surface area contributed by atoms with Gasteiger partial charge < -0.3 is 5.11 Å². The Hall–Kier alpha value is -0.640. The fraction of sp³-hybridized carbons (Fsp3) is 0.250. The SMILES string of the molecule is CC(C)c1ccc(C(O)c2ccc(Br)c(Br)c2)cc1. The van der Waals surface area contributed by atoms with Crippen molar-refractivity contribution in [1.82, 2.24) is 0 Å². The molecule has 1 N–H and O–H groups in total. The Bertz CT molecular complexity index is 561. The normalized spacial score (nSPS) is 12.7. The van der Waals surface area contributed by atoms with Crippen molar-refractivity contribution in [3.05, 3.63) is 68.1 Å². The Morgan fingerprint density at radius 1 is 0.789 bits per heavy atom. The first-order valence-corrected chi connectivity index (χ1v) is 7.80. The van der Waals surface area contributed by atoms with Crippen LogP contribution in [-0.4, -0.2) is 5.11 Å². The number of rotatable bonds is 3. The van der Waals surface area contributed by atoms with Crippen LogP contribution >= 0.6 is 31.9 Å². The zero-order valence-electron chi connectivity index (χ0n) is 10.9. The van der Waals surface area contributed by atoms with Crippen LogP contribution in [0.15, 0.2) is 51.4 Å². The van der Waals surface area contributed by atoms with E-state index in [0.29, 0.717) is 5.92 Å². The van der Waals surface area contributed by atoms with Gasteiger partial charge in [-0.2, -0.15) is 0 Å². The van der Waals surface area contributed by atoms with Crippen LogP contribution in [0.4, 0.5) is 0 Å². The van der Waals surface area contributed by atoms with Gasteiger partial charge in [-0.05, 0) is 66.6 Å². The lowest BCUT2D eigenvalue weighted by atomic mass is 9.97. The van der Waals surface area contributed by atoms with E-state index in [4.69, 9.17) is 0 Å². The van der Waals surface area contributed by atoms with Crippen LogP contribution in [0, 0.1) is 0 Å². The zero-order chi connectivity index (χ0) is 14.0. The number of benzene rings is 2. The van der Waals surface area contributed by atoms with Gasteiger partial charge in [0.15, 0.2) is 0 Å². The molecule has 2 aromatic rings. The minimum absolute atomic E-state index is 0.507. The van der Waals surface area contributed by atoms with Gasteiger partial charge >= 0.3 is 0 Å². The molecule has 2 aromatic carbocycles. The molecule has 0 saturated carbocycles. The molecular weight excluding hydrogens is 368 g/mol. The third-order valence-electron chi connectivity index (χ3n) is 3.18. The minimum atomic E-state index is -0.592. The molecule has 0 heterocycles. The van der Waals surface area contributed by atoms with Crippen molar-refractivity contribution in [1.29, 1.82) is 0 Å². The van der Waals surface area contributed by atoms with Crippen molar-refractivity contribution in [2.24, 2.45) is 0 Å². The van der Waals surface area contributed by atoms with E-state index in [1.165, 1.54) is 5.56 Å². The number of aliphatic hydroxyl groups is 1. The molecule has 3 heteroatoms. The molecule has 0 radical (unpaired) electrons. The lowest BCUT2D eigenvalue weighted by molar-refractivity contribution is 0.220. The summed E-state index contributed by atoms with van der Waals surface area (Å²) in [7, 11) is 0. The molecule has 2 rings (SSSR count). The highest BCUT2D eigenvalue weighted by molar-refractivity contribution is 9.13. The Labute approximate surface area is 130 Å². The average Bonchev–Trinajstić information content (AvgIpc) is 2.41. The lowest BCUT2D eigenvalue weighted by Gasteiger charge is -2.14. The van der Waals surface area contributed by atoms with Gasteiger partial charge in [0.05, 0.1) is 0 Å². The Morgan fingerprint density at radius 3 is 1.84 bits per heavy atom.